The second-order valence-electron chi connectivity index (χ2n) is 2.42. The summed E-state index contributed by atoms with van der Waals surface area (Å²) in [5, 5.41) is 18.0. The largest absolute Gasteiger partial charge is 0.420 e. The normalized spacial score (nSPS) is 8.44. The van der Waals surface area contributed by atoms with Crippen LogP contribution in [0.1, 0.15) is 0 Å². The van der Waals surface area contributed by atoms with E-state index in [4.69, 9.17) is 13.6 Å². The average Bonchev–Trinajstić information content (AvgIpc) is 3.16. The molecule has 0 spiro atoms. The van der Waals surface area contributed by atoms with Gasteiger partial charge in [0.15, 0.2) is 0 Å². The second kappa shape index (κ2) is 8.58. The molecule has 0 aliphatic rings. The van der Waals surface area contributed by atoms with Gasteiger partial charge in [0.2, 0.25) is 19.2 Å². The van der Waals surface area contributed by atoms with Crippen LogP contribution in [0.25, 0.3) is 11.8 Å². The van der Waals surface area contributed by atoms with Gasteiger partial charge in [-0.05, 0) is 10.8 Å². The Morgan fingerprint density at radius 1 is 1.06 bits per heavy atom. The number of hydrogen-bond donors (Lipinski definition) is 1. The molecule has 0 aliphatic heterocycles. The van der Waals surface area contributed by atoms with E-state index >= 15 is 0 Å². The molecule has 0 unspecified atom stereocenters. The molecule has 8 nitrogen and oxygen atoms in total. The van der Waals surface area contributed by atoms with E-state index in [0.29, 0.717) is 0 Å². The van der Waals surface area contributed by atoms with E-state index in [9.17, 15) is 0 Å². The average molecular weight is 267 g/mol. The predicted octanol–water partition coefficient (Wildman–Crippen LogP) is 0.969. The van der Waals surface area contributed by atoms with Crippen LogP contribution in [0, 0.1) is 0 Å². The summed E-state index contributed by atoms with van der Waals surface area (Å²) < 4.78 is 9.52. The first-order valence-corrected chi connectivity index (χ1v) is 5.48. The van der Waals surface area contributed by atoms with Crippen molar-refractivity contribution in [3.8, 4) is 11.8 Å². The Labute approximate surface area is 105 Å². The number of hydrogen-bond acceptors (Lipinski definition) is 8. The third-order valence-electron chi connectivity index (χ3n) is 1.33. The van der Waals surface area contributed by atoms with Crippen LogP contribution in [0.4, 0.5) is 0 Å². The highest BCUT2D eigenvalue weighted by molar-refractivity contribution is 7.07. The SMILES string of the molecule is NC=O.c1ccsc1.c1nnc(-c2nnco2)o1. The van der Waals surface area contributed by atoms with Crippen LogP contribution in [0.5, 0.6) is 0 Å². The van der Waals surface area contributed by atoms with E-state index in [1.807, 2.05) is 22.9 Å². The summed E-state index contributed by atoms with van der Waals surface area (Å²) in [6, 6.07) is 4.04. The monoisotopic (exact) mass is 267 g/mol. The summed E-state index contributed by atoms with van der Waals surface area (Å²) in [5.41, 5.74) is 4.17. The van der Waals surface area contributed by atoms with Crippen LogP contribution in [0.3, 0.4) is 0 Å². The molecule has 18 heavy (non-hydrogen) atoms. The minimum absolute atomic E-state index is 0.234. The number of nitrogens with zero attached hydrogens (tertiary/aromatic N) is 4. The molecule has 3 heterocycles. The molecule has 9 heteroatoms. The van der Waals surface area contributed by atoms with E-state index in [-0.39, 0.29) is 18.2 Å². The van der Waals surface area contributed by atoms with Gasteiger partial charge < -0.3 is 14.6 Å². The molecule has 0 saturated heterocycles. The van der Waals surface area contributed by atoms with Crippen LogP contribution in [-0.4, -0.2) is 26.8 Å². The quantitative estimate of drug-likeness (QED) is 0.652. The lowest BCUT2D eigenvalue weighted by Crippen LogP contribution is -1.82. The molecule has 0 aromatic carbocycles. The van der Waals surface area contributed by atoms with Crippen molar-refractivity contribution in [2.24, 2.45) is 5.73 Å². The molecular formula is C9H9N5O3S. The number of rotatable bonds is 1. The number of thiophene rings is 1. The van der Waals surface area contributed by atoms with E-state index in [1.165, 1.54) is 12.8 Å². The fourth-order valence-electron chi connectivity index (χ4n) is 0.759. The molecule has 3 aromatic heterocycles. The fraction of sp³-hybridized carbons (Fsp3) is 0. The topological polar surface area (TPSA) is 121 Å². The Hall–Kier alpha value is -2.55. The number of amides is 1. The molecule has 0 saturated carbocycles. The van der Waals surface area contributed by atoms with Crippen molar-refractivity contribution >= 4 is 17.7 Å². The Balaban J connectivity index is 0.000000170. The van der Waals surface area contributed by atoms with Crippen molar-refractivity contribution in [3.63, 3.8) is 0 Å². The molecule has 0 aliphatic carbocycles. The molecule has 3 aromatic rings. The van der Waals surface area contributed by atoms with Gasteiger partial charge in [0.05, 0.1) is 0 Å². The zero-order valence-corrected chi connectivity index (χ0v) is 9.86. The summed E-state index contributed by atoms with van der Waals surface area (Å²) in [5.74, 6) is 0.468. The van der Waals surface area contributed by atoms with Gasteiger partial charge in [-0.2, -0.15) is 11.3 Å². The van der Waals surface area contributed by atoms with Crippen LogP contribution in [-0.2, 0) is 4.79 Å². The zero-order valence-electron chi connectivity index (χ0n) is 9.04. The lowest BCUT2D eigenvalue weighted by atomic mass is 10.7. The van der Waals surface area contributed by atoms with Crippen molar-refractivity contribution in [2.45, 2.75) is 0 Å². The molecule has 0 atom stereocenters. The molecule has 0 radical (unpaired) electrons. The number of carbonyl (C=O) groups excluding carboxylic acids is 1. The fourth-order valence-corrected chi connectivity index (χ4v) is 1.21. The highest BCUT2D eigenvalue weighted by Gasteiger charge is 2.07. The van der Waals surface area contributed by atoms with Crippen molar-refractivity contribution in [1.29, 1.82) is 0 Å². The van der Waals surface area contributed by atoms with Crippen LogP contribution in [0.15, 0.2) is 44.5 Å². The number of primary amides is 1. The first-order valence-electron chi connectivity index (χ1n) is 4.53. The van der Waals surface area contributed by atoms with E-state index < -0.39 is 0 Å². The highest BCUT2D eigenvalue weighted by Crippen LogP contribution is 2.09. The van der Waals surface area contributed by atoms with Gasteiger partial charge in [-0.1, -0.05) is 12.1 Å². The van der Waals surface area contributed by atoms with Crippen molar-refractivity contribution in [3.05, 3.63) is 35.7 Å². The minimum Gasteiger partial charge on any atom is -0.420 e. The Bertz CT molecular complexity index is 445. The molecule has 2 N–H and O–H groups in total. The standard InChI is InChI=1S/C4H2N4O2.C4H4S.CH3NO/c1-5-7-3(9-1)4-8-6-2-10-4;1-2-4-5-3-1;2-1-3/h1-2H;1-4H;1H,(H2,2,3). The zero-order chi connectivity index (χ0) is 13.1. The molecule has 0 fully saturated rings. The number of aromatic nitrogens is 4. The lowest BCUT2D eigenvalue weighted by molar-refractivity contribution is -0.106. The predicted molar refractivity (Wildman–Crippen MR) is 62.2 cm³/mol. The minimum atomic E-state index is 0.234. The smallest absolute Gasteiger partial charge is 0.305 e. The van der Waals surface area contributed by atoms with Crippen molar-refractivity contribution in [2.75, 3.05) is 0 Å². The molecule has 0 bridgehead atoms. The molecule has 1 amide bonds. The van der Waals surface area contributed by atoms with Gasteiger partial charge in [0.25, 0.3) is 0 Å². The molecular weight excluding hydrogens is 258 g/mol. The van der Waals surface area contributed by atoms with Gasteiger partial charge in [-0.3, -0.25) is 4.79 Å². The van der Waals surface area contributed by atoms with Crippen LogP contribution < -0.4 is 5.73 Å². The van der Waals surface area contributed by atoms with Gasteiger partial charge in [-0.15, -0.1) is 20.4 Å². The second-order valence-corrected chi connectivity index (χ2v) is 3.23. The Morgan fingerprint density at radius 3 is 1.72 bits per heavy atom. The van der Waals surface area contributed by atoms with Crippen molar-refractivity contribution < 1.29 is 13.6 Å². The Morgan fingerprint density at radius 2 is 1.50 bits per heavy atom. The summed E-state index contributed by atoms with van der Waals surface area (Å²) >= 11 is 1.71. The number of nitrogens with two attached hydrogens (primary N) is 1. The highest BCUT2D eigenvalue weighted by atomic mass is 32.1. The summed E-state index contributed by atoms with van der Waals surface area (Å²) in [7, 11) is 0. The van der Waals surface area contributed by atoms with Gasteiger partial charge in [-0.25, -0.2) is 0 Å². The molecule has 94 valence electrons. The van der Waals surface area contributed by atoms with Gasteiger partial charge in [0, 0.05) is 0 Å². The van der Waals surface area contributed by atoms with Gasteiger partial charge >= 0.3 is 11.8 Å². The van der Waals surface area contributed by atoms with E-state index in [1.54, 1.807) is 11.3 Å². The first kappa shape index (κ1) is 13.5. The maximum atomic E-state index is 8.58. The van der Waals surface area contributed by atoms with E-state index in [2.05, 4.69) is 26.1 Å². The first-order chi connectivity index (χ1) is 8.88. The lowest BCUT2D eigenvalue weighted by Gasteiger charge is -1.77. The molecule has 3 rings (SSSR count). The maximum absolute atomic E-state index is 8.58. The summed E-state index contributed by atoms with van der Waals surface area (Å²) in [6.07, 6.45) is 2.64. The van der Waals surface area contributed by atoms with Crippen molar-refractivity contribution in [1.82, 2.24) is 20.4 Å². The van der Waals surface area contributed by atoms with Crippen LogP contribution >= 0.6 is 11.3 Å². The van der Waals surface area contributed by atoms with Gasteiger partial charge in [0.1, 0.15) is 0 Å². The number of carbonyl (C=O) groups is 1. The Kier molecular flexibility index (Phi) is 6.45. The van der Waals surface area contributed by atoms with Crippen LogP contribution in [0.2, 0.25) is 0 Å². The third kappa shape index (κ3) is 4.99. The summed E-state index contributed by atoms with van der Waals surface area (Å²) in [6.45, 7) is 0. The third-order valence-corrected chi connectivity index (χ3v) is 1.96. The van der Waals surface area contributed by atoms with E-state index in [0.717, 1.165) is 0 Å². The summed E-state index contributed by atoms with van der Waals surface area (Å²) in [4.78, 5) is 8.58. The maximum Gasteiger partial charge on any atom is 0.305 e.